The van der Waals surface area contributed by atoms with E-state index in [2.05, 4.69) is 5.32 Å². The van der Waals surface area contributed by atoms with Gasteiger partial charge in [-0.2, -0.15) is 0 Å². The molecule has 0 fully saturated rings. The molecule has 1 rings (SSSR count). The van der Waals surface area contributed by atoms with Gasteiger partial charge in [0.15, 0.2) is 5.60 Å². The lowest BCUT2D eigenvalue weighted by molar-refractivity contribution is -0.155. The van der Waals surface area contributed by atoms with Crippen molar-refractivity contribution in [2.24, 2.45) is 0 Å². The highest BCUT2D eigenvalue weighted by Crippen LogP contribution is 2.18. The molecule has 0 aliphatic heterocycles. The third-order valence-electron chi connectivity index (χ3n) is 2.69. The van der Waals surface area contributed by atoms with Gasteiger partial charge < -0.3 is 15.5 Å². The molecule has 1 unspecified atom stereocenters. The zero-order valence-corrected chi connectivity index (χ0v) is 9.74. The molecule has 0 saturated heterocycles. The molecule has 1 aromatic rings. The first-order chi connectivity index (χ1) is 7.34. The lowest BCUT2D eigenvalue weighted by atomic mass is 10.1. The fraction of sp³-hybridized carbons (Fsp3) is 0.417. The Hall–Kier alpha value is -1.55. The molecule has 0 aromatic heterocycles. The molecule has 0 amide bonds. The second-order valence-electron chi connectivity index (χ2n) is 4.18. The number of aliphatic carboxylic acids is 1. The standard InChI is InChI=1S/C12H17NO3/c1-8-5-4-6-10(9(8)2)13-7-12(3,16)11(14)15/h4-6,13,16H,7H2,1-3H3,(H,14,15). The van der Waals surface area contributed by atoms with Crippen molar-refractivity contribution in [3.05, 3.63) is 29.3 Å². The topological polar surface area (TPSA) is 69.6 Å². The van der Waals surface area contributed by atoms with Gasteiger partial charge in [-0.15, -0.1) is 0 Å². The number of aliphatic hydroxyl groups is 1. The second-order valence-corrected chi connectivity index (χ2v) is 4.18. The monoisotopic (exact) mass is 223 g/mol. The van der Waals surface area contributed by atoms with Crippen LogP contribution in [0.5, 0.6) is 0 Å². The Morgan fingerprint density at radius 3 is 2.62 bits per heavy atom. The van der Waals surface area contributed by atoms with Crippen molar-refractivity contribution in [2.45, 2.75) is 26.4 Å². The number of nitrogens with one attached hydrogen (secondary N) is 1. The third kappa shape index (κ3) is 2.73. The van der Waals surface area contributed by atoms with Crippen molar-refractivity contribution in [3.8, 4) is 0 Å². The highest BCUT2D eigenvalue weighted by Gasteiger charge is 2.29. The number of carboxylic acids is 1. The number of carbonyl (C=O) groups is 1. The molecule has 4 nitrogen and oxygen atoms in total. The van der Waals surface area contributed by atoms with Gasteiger partial charge in [-0.25, -0.2) is 4.79 Å². The number of rotatable bonds is 4. The molecule has 0 heterocycles. The van der Waals surface area contributed by atoms with E-state index in [0.717, 1.165) is 16.8 Å². The fourth-order valence-electron chi connectivity index (χ4n) is 1.29. The fourth-order valence-corrected chi connectivity index (χ4v) is 1.29. The highest BCUT2D eigenvalue weighted by molar-refractivity contribution is 5.77. The smallest absolute Gasteiger partial charge is 0.337 e. The van der Waals surface area contributed by atoms with Crippen LogP contribution in [0.15, 0.2) is 18.2 Å². The molecular formula is C12H17NO3. The summed E-state index contributed by atoms with van der Waals surface area (Å²) < 4.78 is 0. The minimum Gasteiger partial charge on any atom is -0.479 e. The summed E-state index contributed by atoms with van der Waals surface area (Å²) >= 11 is 0. The van der Waals surface area contributed by atoms with Crippen LogP contribution in [0.2, 0.25) is 0 Å². The molecule has 1 aromatic carbocycles. The number of aryl methyl sites for hydroxylation is 1. The van der Waals surface area contributed by atoms with Crippen molar-refractivity contribution in [1.29, 1.82) is 0 Å². The molecule has 0 bridgehead atoms. The lowest BCUT2D eigenvalue weighted by Crippen LogP contribution is -2.41. The van der Waals surface area contributed by atoms with E-state index in [-0.39, 0.29) is 6.54 Å². The van der Waals surface area contributed by atoms with Gasteiger partial charge in [0.05, 0.1) is 6.54 Å². The molecule has 0 spiro atoms. The molecule has 4 heteroatoms. The number of carboxylic acid groups (broad SMARTS) is 1. The SMILES string of the molecule is Cc1cccc(NCC(C)(O)C(=O)O)c1C. The van der Waals surface area contributed by atoms with Crippen molar-refractivity contribution in [2.75, 3.05) is 11.9 Å². The van der Waals surface area contributed by atoms with Crippen LogP contribution >= 0.6 is 0 Å². The van der Waals surface area contributed by atoms with E-state index in [1.807, 2.05) is 32.0 Å². The first-order valence-corrected chi connectivity index (χ1v) is 5.10. The molecule has 0 radical (unpaired) electrons. The maximum absolute atomic E-state index is 10.7. The van der Waals surface area contributed by atoms with Crippen LogP contribution in [0, 0.1) is 13.8 Å². The zero-order chi connectivity index (χ0) is 12.3. The van der Waals surface area contributed by atoms with Crippen molar-refractivity contribution in [1.82, 2.24) is 0 Å². The van der Waals surface area contributed by atoms with E-state index < -0.39 is 11.6 Å². The Morgan fingerprint density at radius 1 is 1.44 bits per heavy atom. The summed E-state index contributed by atoms with van der Waals surface area (Å²) in [4.78, 5) is 10.7. The van der Waals surface area contributed by atoms with Crippen LogP contribution < -0.4 is 5.32 Å². The Kier molecular flexibility index (Phi) is 3.55. The van der Waals surface area contributed by atoms with Crippen LogP contribution in [0.3, 0.4) is 0 Å². The average molecular weight is 223 g/mol. The zero-order valence-electron chi connectivity index (χ0n) is 9.74. The first kappa shape index (κ1) is 12.5. The normalized spacial score (nSPS) is 14.2. The van der Waals surface area contributed by atoms with Crippen LogP contribution in [0.1, 0.15) is 18.1 Å². The molecule has 0 aliphatic carbocycles. The highest BCUT2D eigenvalue weighted by atomic mass is 16.4. The van der Waals surface area contributed by atoms with Gasteiger partial charge in [-0.1, -0.05) is 12.1 Å². The molecule has 0 saturated carbocycles. The van der Waals surface area contributed by atoms with E-state index in [9.17, 15) is 9.90 Å². The van der Waals surface area contributed by atoms with Crippen LogP contribution in [0.25, 0.3) is 0 Å². The number of hydrogen-bond acceptors (Lipinski definition) is 3. The van der Waals surface area contributed by atoms with Gasteiger partial charge in [-0.3, -0.25) is 0 Å². The Labute approximate surface area is 94.9 Å². The Morgan fingerprint density at radius 2 is 2.06 bits per heavy atom. The molecule has 88 valence electrons. The molecule has 3 N–H and O–H groups in total. The van der Waals surface area contributed by atoms with E-state index in [1.54, 1.807) is 0 Å². The quantitative estimate of drug-likeness (QED) is 0.724. The third-order valence-corrected chi connectivity index (χ3v) is 2.69. The van der Waals surface area contributed by atoms with E-state index in [4.69, 9.17) is 5.11 Å². The van der Waals surface area contributed by atoms with Crippen LogP contribution in [-0.2, 0) is 4.79 Å². The summed E-state index contributed by atoms with van der Waals surface area (Å²) in [5.41, 5.74) is 1.28. The minimum absolute atomic E-state index is 0.0212. The molecule has 16 heavy (non-hydrogen) atoms. The molecular weight excluding hydrogens is 206 g/mol. The summed E-state index contributed by atoms with van der Waals surface area (Å²) in [5.74, 6) is -1.23. The summed E-state index contributed by atoms with van der Waals surface area (Å²) in [6.45, 7) is 5.18. The van der Waals surface area contributed by atoms with E-state index in [1.165, 1.54) is 6.92 Å². The number of benzene rings is 1. The minimum atomic E-state index is -1.75. The van der Waals surface area contributed by atoms with Gasteiger partial charge >= 0.3 is 5.97 Å². The predicted octanol–water partition coefficient (Wildman–Crippen LogP) is 1.55. The van der Waals surface area contributed by atoms with Crippen molar-refractivity contribution in [3.63, 3.8) is 0 Å². The Balaban J connectivity index is 2.76. The van der Waals surface area contributed by atoms with Crippen molar-refractivity contribution < 1.29 is 15.0 Å². The predicted molar refractivity (Wildman–Crippen MR) is 62.7 cm³/mol. The summed E-state index contributed by atoms with van der Waals surface area (Å²) in [6, 6.07) is 5.73. The maximum atomic E-state index is 10.7. The lowest BCUT2D eigenvalue weighted by Gasteiger charge is -2.20. The van der Waals surface area contributed by atoms with Crippen molar-refractivity contribution >= 4 is 11.7 Å². The van der Waals surface area contributed by atoms with E-state index >= 15 is 0 Å². The van der Waals surface area contributed by atoms with Crippen LogP contribution in [0.4, 0.5) is 5.69 Å². The van der Waals surface area contributed by atoms with Gasteiger partial charge in [0.1, 0.15) is 0 Å². The van der Waals surface area contributed by atoms with Crippen LogP contribution in [-0.4, -0.2) is 28.3 Å². The maximum Gasteiger partial charge on any atom is 0.337 e. The number of anilines is 1. The van der Waals surface area contributed by atoms with Gasteiger partial charge in [-0.05, 0) is 38.0 Å². The van der Waals surface area contributed by atoms with Gasteiger partial charge in [0.25, 0.3) is 0 Å². The Bertz CT molecular complexity index is 399. The van der Waals surface area contributed by atoms with Gasteiger partial charge in [0.2, 0.25) is 0 Å². The summed E-state index contributed by atoms with van der Waals surface area (Å²) in [5, 5.41) is 21.2. The summed E-state index contributed by atoms with van der Waals surface area (Å²) in [6.07, 6.45) is 0. The number of hydrogen-bond donors (Lipinski definition) is 3. The van der Waals surface area contributed by atoms with E-state index in [0.29, 0.717) is 0 Å². The second kappa shape index (κ2) is 4.53. The molecule has 0 aliphatic rings. The average Bonchev–Trinajstić information content (AvgIpc) is 2.20. The first-order valence-electron chi connectivity index (χ1n) is 5.10. The largest absolute Gasteiger partial charge is 0.479 e. The van der Waals surface area contributed by atoms with Gasteiger partial charge in [0, 0.05) is 5.69 Å². The molecule has 1 atom stereocenters. The summed E-state index contributed by atoms with van der Waals surface area (Å²) in [7, 11) is 0.